The second kappa shape index (κ2) is 4.27. The van der Waals surface area contributed by atoms with E-state index in [4.69, 9.17) is 14.9 Å². The van der Waals surface area contributed by atoms with Crippen LogP contribution < -0.4 is 5.32 Å². The largest absolute Gasteiger partial charge is 0.325 e. The van der Waals surface area contributed by atoms with E-state index < -0.39 is 54.6 Å². The summed E-state index contributed by atoms with van der Waals surface area (Å²) >= 11 is 0. The Hall–Kier alpha value is -1.82. The minimum absolute atomic E-state index is 0.437. The first kappa shape index (κ1) is 3.51. The van der Waals surface area contributed by atoms with Crippen LogP contribution in [0, 0.1) is 18.2 Å². The van der Waals surface area contributed by atoms with Gasteiger partial charge in [-0.3, -0.25) is 4.79 Å². The molecule has 13 heavy (non-hydrogen) atoms. The highest BCUT2D eigenvalue weighted by Crippen LogP contribution is 2.08. The molecule has 1 aromatic rings. The summed E-state index contributed by atoms with van der Waals surface area (Å²) in [5.41, 5.74) is -1.14. The fourth-order valence-electron chi connectivity index (χ4n) is 0.630. The van der Waals surface area contributed by atoms with Crippen LogP contribution >= 0.6 is 0 Å². The first-order valence-corrected chi connectivity index (χ1v) is 3.38. The van der Waals surface area contributed by atoms with Crippen molar-refractivity contribution in [2.45, 2.75) is 13.3 Å². The van der Waals surface area contributed by atoms with Gasteiger partial charge in [-0.2, -0.15) is 5.26 Å². The maximum absolute atomic E-state index is 11.3. The normalized spacial score (nSPS) is 17.6. The zero-order valence-electron chi connectivity index (χ0n) is 13.6. The molecular weight excluding hydrogens is 164 g/mol. The van der Waals surface area contributed by atoms with Crippen molar-refractivity contribution in [1.82, 2.24) is 0 Å². The van der Waals surface area contributed by atoms with Crippen molar-refractivity contribution >= 4 is 11.6 Å². The molecule has 1 rings (SSSR count). The Morgan fingerprint density at radius 1 is 1.69 bits per heavy atom. The predicted octanol–water partition coefficient (Wildman–Crippen LogP) is 1.85. The van der Waals surface area contributed by atoms with Gasteiger partial charge in [-0.05, 0) is 18.9 Å². The average Bonchev–Trinajstić information content (AvgIpc) is 2.31. The molecule has 0 saturated heterocycles. The molecule has 0 aliphatic carbocycles. The van der Waals surface area contributed by atoms with E-state index in [1.807, 2.05) is 0 Å². The van der Waals surface area contributed by atoms with Crippen LogP contribution in [-0.2, 0) is 4.79 Å². The molecule has 66 valence electrons. The van der Waals surface area contributed by atoms with Crippen LogP contribution in [0.25, 0.3) is 0 Å². The van der Waals surface area contributed by atoms with Crippen molar-refractivity contribution in [3.8, 4) is 6.07 Å². The lowest BCUT2D eigenvalue weighted by molar-refractivity contribution is -0.115. The van der Waals surface area contributed by atoms with Gasteiger partial charge in [0.1, 0.15) is 6.42 Å². The molecule has 1 N–H and O–H groups in total. The van der Waals surface area contributed by atoms with Gasteiger partial charge in [0.15, 0.2) is 0 Å². The Balaban J connectivity index is 3.46. The van der Waals surface area contributed by atoms with Crippen molar-refractivity contribution in [3.63, 3.8) is 0 Å². The SMILES string of the molecule is [2H]c1c([2H])c(C([2H])([2H])[2H])c([2H])c([2H])c1NC(=O)CC#N. The number of rotatable bonds is 2. The molecule has 0 radical (unpaired) electrons. The van der Waals surface area contributed by atoms with Gasteiger partial charge < -0.3 is 5.32 Å². The second-order valence-corrected chi connectivity index (χ2v) is 2.13. The smallest absolute Gasteiger partial charge is 0.238 e. The number of amides is 1. The number of nitrogens with zero attached hydrogens (tertiary/aromatic N) is 1. The van der Waals surface area contributed by atoms with Crippen molar-refractivity contribution < 1.29 is 14.4 Å². The summed E-state index contributed by atoms with van der Waals surface area (Å²) in [4.78, 5) is 11.3. The van der Waals surface area contributed by atoms with E-state index in [-0.39, 0.29) is 0 Å². The molecule has 1 aromatic carbocycles. The molecule has 3 nitrogen and oxygen atoms in total. The topological polar surface area (TPSA) is 52.9 Å². The lowest BCUT2D eigenvalue weighted by Crippen LogP contribution is -2.09. The Bertz CT molecular complexity index is 574. The molecule has 0 aromatic heterocycles. The van der Waals surface area contributed by atoms with Crippen LogP contribution in [-0.4, -0.2) is 5.91 Å². The fraction of sp³-hybridized carbons (Fsp3) is 0.200. The van der Waals surface area contributed by atoms with Crippen LogP contribution in [0.1, 0.15) is 21.6 Å². The van der Waals surface area contributed by atoms with E-state index in [0.29, 0.717) is 0 Å². The van der Waals surface area contributed by atoms with Crippen molar-refractivity contribution in [1.29, 1.82) is 5.26 Å². The fourth-order valence-corrected chi connectivity index (χ4v) is 0.630. The van der Waals surface area contributed by atoms with Gasteiger partial charge in [-0.15, -0.1) is 0 Å². The van der Waals surface area contributed by atoms with Crippen molar-refractivity contribution in [2.24, 2.45) is 0 Å². The summed E-state index contributed by atoms with van der Waals surface area (Å²) in [5.74, 6) is -0.796. The van der Waals surface area contributed by atoms with Gasteiger partial charge in [-0.1, -0.05) is 17.6 Å². The van der Waals surface area contributed by atoms with E-state index in [1.165, 1.54) is 0 Å². The lowest BCUT2D eigenvalue weighted by atomic mass is 10.2. The minimum atomic E-state index is -2.80. The number of anilines is 1. The van der Waals surface area contributed by atoms with E-state index in [0.717, 1.165) is 0 Å². The monoisotopic (exact) mass is 181 g/mol. The number of benzene rings is 1. The third-order valence-electron chi connectivity index (χ3n) is 1.13. The average molecular weight is 181 g/mol. The molecule has 0 aliphatic rings. The summed E-state index contributed by atoms with van der Waals surface area (Å²) in [6, 6.07) is -1.23. The molecule has 0 atom stereocenters. The Morgan fingerprint density at radius 3 is 2.92 bits per heavy atom. The molecule has 0 bridgehead atoms. The molecule has 0 spiro atoms. The van der Waals surface area contributed by atoms with Gasteiger partial charge in [0.2, 0.25) is 5.91 Å². The molecule has 0 saturated carbocycles. The maximum Gasteiger partial charge on any atom is 0.238 e. The van der Waals surface area contributed by atoms with Gasteiger partial charge in [0, 0.05) is 9.80 Å². The highest BCUT2D eigenvalue weighted by molar-refractivity contribution is 5.91. The van der Waals surface area contributed by atoms with Crippen LogP contribution in [0.4, 0.5) is 5.69 Å². The Morgan fingerprint density at radius 2 is 2.38 bits per heavy atom. The van der Waals surface area contributed by atoms with E-state index >= 15 is 0 Å². The standard InChI is InChI=1S/C10H10N2O/c1-8-2-4-9(5-3-8)12-10(13)6-7-11/h2-5H,6H2,1H3,(H,12,13)/i1D3,2D,3D,4D,5D. The molecule has 0 fully saturated rings. The summed E-state index contributed by atoms with van der Waals surface area (Å²) in [6.07, 6.45) is -0.513. The molecular formula is C10H10N2O. The minimum Gasteiger partial charge on any atom is -0.325 e. The van der Waals surface area contributed by atoms with Crippen LogP contribution in [0.15, 0.2) is 24.2 Å². The van der Waals surface area contributed by atoms with Crippen LogP contribution in [0.5, 0.6) is 0 Å². The van der Waals surface area contributed by atoms with Gasteiger partial charge in [0.25, 0.3) is 0 Å². The maximum atomic E-state index is 11.3. The van der Waals surface area contributed by atoms with E-state index in [1.54, 1.807) is 6.07 Å². The highest BCUT2D eigenvalue weighted by Gasteiger charge is 1.99. The summed E-state index contributed by atoms with van der Waals surface area (Å²) in [5, 5.41) is 10.4. The van der Waals surface area contributed by atoms with E-state index in [2.05, 4.69) is 5.32 Å². The lowest BCUT2D eigenvalue weighted by Gasteiger charge is -2.01. The number of nitrogens with one attached hydrogen (secondary N) is 1. The highest BCUT2D eigenvalue weighted by atomic mass is 16.1. The molecule has 0 heterocycles. The quantitative estimate of drug-likeness (QED) is 0.757. The Labute approximate surface area is 86.8 Å². The van der Waals surface area contributed by atoms with E-state index in [9.17, 15) is 4.79 Å². The first-order chi connectivity index (χ1) is 9.11. The van der Waals surface area contributed by atoms with Gasteiger partial charge >= 0.3 is 0 Å². The van der Waals surface area contributed by atoms with Crippen LogP contribution in [0.3, 0.4) is 0 Å². The first-order valence-electron chi connectivity index (χ1n) is 6.88. The number of carbonyl (C=O) groups excluding carboxylic acids is 1. The predicted molar refractivity (Wildman–Crippen MR) is 50.0 cm³/mol. The molecule has 1 amide bonds. The number of carbonyl (C=O) groups is 1. The summed E-state index contributed by atoms with van der Waals surface area (Å²) in [6.45, 7) is -2.80. The zero-order chi connectivity index (χ0) is 15.7. The summed E-state index contributed by atoms with van der Waals surface area (Å²) in [7, 11) is 0. The number of hydrogen-bond acceptors (Lipinski definition) is 2. The van der Waals surface area contributed by atoms with Crippen molar-refractivity contribution in [2.75, 3.05) is 5.32 Å². The molecule has 0 aliphatic heterocycles. The third kappa shape index (κ3) is 2.96. The number of nitriles is 1. The Kier molecular flexibility index (Phi) is 1.15. The third-order valence-corrected chi connectivity index (χ3v) is 1.13. The second-order valence-electron chi connectivity index (χ2n) is 2.13. The van der Waals surface area contributed by atoms with Crippen molar-refractivity contribution in [3.05, 3.63) is 29.7 Å². The number of hydrogen-bond donors (Lipinski definition) is 1. The van der Waals surface area contributed by atoms with Gasteiger partial charge in [-0.25, -0.2) is 0 Å². The molecule has 0 unspecified atom stereocenters. The zero-order valence-corrected chi connectivity index (χ0v) is 6.56. The summed E-state index contributed by atoms with van der Waals surface area (Å²) < 4.78 is 52.2. The molecule has 3 heteroatoms. The van der Waals surface area contributed by atoms with Gasteiger partial charge in [0.05, 0.1) is 11.6 Å². The van der Waals surface area contributed by atoms with Crippen LogP contribution in [0.2, 0.25) is 0 Å².